The number of hydrogen-bond acceptors (Lipinski definition) is 3. The lowest BCUT2D eigenvalue weighted by atomic mass is 9.90. The second-order valence-corrected chi connectivity index (χ2v) is 6.57. The van der Waals surface area contributed by atoms with E-state index in [-0.39, 0.29) is 23.9 Å². The summed E-state index contributed by atoms with van der Waals surface area (Å²) in [6.07, 6.45) is 3.20. The maximum absolute atomic E-state index is 12.4. The van der Waals surface area contributed by atoms with Crippen LogP contribution in [-0.4, -0.2) is 17.9 Å². The van der Waals surface area contributed by atoms with Gasteiger partial charge in [-0.15, -0.1) is 0 Å². The van der Waals surface area contributed by atoms with Crippen molar-refractivity contribution >= 4 is 17.9 Å². The number of Topliss-reactive ketones (excluding diaryl/α,β-unsaturated/α-hetero) is 2. The standard InChI is InChI=1S/C22H22O3/c23-14-6-9-16(24)7-5-8-17(25)15-22-20-12-3-1-10-18(20)19-11-2-4-13-21(19)22/h1-4,10-14,22H,5-9,15H2. The normalized spacial score (nSPS) is 12.5. The minimum atomic E-state index is 0.0662. The Morgan fingerprint density at radius 1 is 0.800 bits per heavy atom. The molecule has 0 fully saturated rings. The van der Waals surface area contributed by atoms with Crippen molar-refractivity contribution in [2.24, 2.45) is 0 Å². The summed E-state index contributed by atoms with van der Waals surface area (Å²) in [7, 11) is 0. The van der Waals surface area contributed by atoms with E-state index in [1.807, 2.05) is 24.3 Å². The van der Waals surface area contributed by atoms with Crippen LogP contribution in [0.15, 0.2) is 48.5 Å². The lowest BCUT2D eigenvalue weighted by molar-refractivity contribution is -0.121. The molecule has 2 aromatic rings. The summed E-state index contributed by atoms with van der Waals surface area (Å²) in [6.45, 7) is 0. The van der Waals surface area contributed by atoms with Crippen LogP contribution in [0.1, 0.15) is 55.6 Å². The molecule has 2 aromatic carbocycles. The van der Waals surface area contributed by atoms with Crippen LogP contribution >= 0.6 is 0 Å². The summed E-state index contributed by atoms with van der Waals surface area (Å²) in [4.78, 5) is 34.3. The zero-order chi connectivity index (χ0) is 17.6. The van der Waals surface area contributed by atoms with Crippen LogP contribution < -0.4 is 0 Å². The van der Waals surface area contributed by atoms with Gasteiger partial charge in [-0.05, 0) is 28.7 Å². The maximum atomic E-state index is 12.4. The number of fused-ring (bicyclic) bond motifs is 3. The maximum Gasteiger partial charge on any atom is 0.133 e. The summed E-state index contributed by atoms with van der Waals surface area (Å²) in [5, 5.41) is 0. The molecule has 25 heavy (non-hydrogen) atoms. The average molecular weight is 334 g/mol. The molecular weight excluding hydrogens is 312 g/mol. The van der Waals surface area contributed by atoms with Gasteiger partial charge in [0.2, 0.25) is 0 Å². The third kappa shape index (κ3) is 3.93. The first-order valence-corrected chi connectivity index (χ1v) is 8.86. The van der Waals surface area contributed by atoms with Gasteiger partial charge in [-0.1, -0.05) is 48.5 Å². The molecule has 0 aromatic heterocycles. The number of aldehydes is 1. The van der Waals surface area contributed by atoms with Gasteiger partial charge in [0.1, 0.15) is 17.9 Å². The van der Waals surface area contributed by atoms with Crippen LogP contribution in [0.2, 0.25) is 0 Å². The van der Waals surface area contributed by atoms with Crippen molar-refractivity contribution < 1.29 is 14.4 Å². The van der Waals surface area contributed by atoms with Crippen LogP contribution in [0.3, 0.4) is 0 Å². The molecule has 3 heteroatoms. The number of carbonyl (C=O) groups excluding carboxylic acids is 3. The van der Waals surface area contributed by atoms with Crippen LogP contribution in [0.5, 0.6) is 0 Å². The van der Waals surface area contributed by atoms with Gasteiger partial charge in [0.25, 0.3) is 0 Å². The van der Waals surface area contributed by atoms with Crippen molar-refractivity contribution in [3.05, 3.63) is 59.7 Å². The highest BCUT2D eigenvalue weighted by Gasteiger charge is 2.29. The Balaban J connectivity index is 1.62. The Bertz CT molecular complexity index is 746. The predicted octanol–water partition coefficient (Wildman–Crippen LogP) is 4.48. The Morgan fingerprint density at radius 2 is 1.36 bits per heavy atom. The first-order valence-electron chi connectivity index (χ1n) is 8.86. The van der Waals surface area contributed by atoms with E-state index in [0.717, 1.165) is 6.29 Å². The van der Waals surface area contributed by atoms with Gasteiger partial charge in [0.05, 0.1) is 0 Å². The van der Waals surface area contributed by atoms with Gasteiger partial charge in [-0.2, -0.15) is 0 Å². The van der Waals surface area contributed by atoms with E-state index < -0.39 is 0 Å². The topological polar surface area (TPSA) is 51.2 Å². The minimum Gasteiger partial charge on any atom is -0.303 e. The molecular formula is C22H22O3. The first-order chi connectivity index (χ1) is 12.2. The highest BCUT2D eigenvalue weighted by atomic mass is 16.1. The van der Waals surface area contributed by atoms with E-state index in [4.69, 9.17) is 0 Å². The average Bonchev–Trinajstić information content (AvgIpc) is 2.94. The summed E-state index contributed by atoms with van der Waals surface area (Å²) < 4.78 is 0. The second-order valence-electron chi connectivity index (χ2n) is 6.57. The summed E-state index contributed by atoms with van der Waals surface area (Å²) in [5.41, 5.74) is 4.89. The fourth-order valence-electron chi connectivity index (χ4n) is 3.64. The molecule has 0 unspecified atom stereocenters. The van der Waals surface area contributed by atoms with E-state index >= 15 is 0 Å². The van der Waals surface area contributed by atoms with Crippen molar-refractivity contribution in [1.29, 1.82) is 0 Å². The third-order valence-corrected chi connectivity index (χ3v) is 4.85. The van der Waals surface area contributed by atoms with E-state index in [2.05, 4.69) is 24.3 Å². The van der Waals surface area contributed by atoms with E-state index in [1.165, 1.54) is 22.3 Å². The second kappa shape index (κ2) is 8.02. The Morgan fingerprint density at radius 3 is 1.96 bits per heavy atom. The molecule has 1 aliphatic carbocycles. The van der Waals surface area contributed by atoms with Gasteiger partial charge in [0, 0.05) is 38.0 Å². The molecule has 1 aliphatic rings. The first kappa shape index (κ1) is 17.3. The molecule has 0 saturated carbocycles. The monoisotopic (exact) mass is 334 g/mol. The summed E-state index contributed by atoms with van der Waals surface area (Å²) in [6, 6.07) is 16.6. The van der Waals surface area contributed by atoms with Crippen LogP contribution in [0.4, 0.5) is 0 Å². The molecule has 0 spiro atoms. The zero-order valence-electron chi connectivity index (χ0n) is 14.2. The third-order valence-electron chi connectivity index (χ3n) is 4.85. The predicted molar refractivity (Wildman–Crippen MR) is 97.5 cm³/mol. The lowest BCUT2D eigenvalue weighted by Gasteiger charge is -2.12. The zero-order valence-corrected chi connectivity index (χ0v) is 14.2. The van der Waals surface area contributed by atoms with Gasteiger partial charge in [0.15, 0.2) is 0 Å². The molecule has 0 aliphatic heterocycles. The number of benzene rings is 2. The molecule has 3 nitrogen and oxygen atoms in total. The molecule has 0 bridgehead atoms. The molecule has 0 amide bonds. The van der Waals surface area contributed by atoms with Crippen LogP contribution in [0.25, 0.3) is 11.1 Å². The summed E-state index contributed by atoms with van der Waals surface area (Å²) in [5.74, 6) is 0.377. The van der Waals surface area contributed by atoms with Crippen molar-refractivity contribution in [1.82, 2.24) is 0 Å². The Hall–Kier alpha value is -2.55. The van der Waals surface area contributed by atoms with Crippen LogP contribution in [0, 0.1) is 0 Å². The number of hydrogen-bond donors (Lipinski definition) is 0. The van der Waals surface area contributed by atoms with Gasteiger partial charge >= 0.3 is 0 Å². The van der Waals surface area contributed by atoms with Gasteiger partial charge < -0.3 is 4.79 Å². The van der Waals surface area contributed by atoms with E-state index in [1.54, 1.807) is 0 Å². The Kier molecular flexibility index (Phi) is 5.54. The van der Waals surface area contributed by atoms with Gasteiger partial charge in [-0.25, -0.2) is 0 Å². The largest absolute Gasteiger partial charge is 0.303 e. The quantitative estimate of drug-likeness (QED) is 0.635. The SMILES string of the molecule is O=CCCC(=O)CCCC(=O)CC1c2ccccc2-c2ccccc21. The minimum absolute atomic E-state index is 0.0662. The highest BCUT2D eigenvalue weighted by molar-refractivity contribution is 5.86. The number of carbonyl (C=O) groups is 3. The van der Waals surface area contributed by atoms with E-state index in [9.17, 15) is 14.4 Å². The van der Waals surface area contributed by atoms with Crippen LogP contribution in [-0.2, 0) is 14.4 Å². The molecule has 128 valence electrons. The number of rotatable bonds is 9. The summed E-state index contributed by atoms with van der Waals surface area (Å²) >= 11 is 0. The molecule has 0 atom stereocenters. The molecule has 0 radical (unpaired) electrons. The van der Waals surface area contributed by atoms with Crippen molar-refractivity contribution in [3.8, 4) is 11.1 Å². The molecule has 3 rings (SSSR count). The van der Waals surface area contributed by atoms with Crippen molar-refractivity contribution in [2.75, 3.05) is 0 Å². The molecule has 0 heterocycles. The lowest BCUT2D eigenvalue weighted by Crippen LogP contribution is -2.07. The fourth-order valence-corrected chi connectivity index (χ4v) is 3.64. The van der Waals surface area contributed by atoms with Crippen molar-refractivity contribution in [3.63, 3.8) is 0 Å². The van der Waals surface area contributed by atoms with Gasteiger partial charge in [-0.3, -0.25) is 9.59 Å². The fraction of sp³-hybridized carbons (Fsp3) is 0.318. The smallest absolute Gasteiger partial charge is 0.133 e. The Labute approximate surface area is 148 Å². The molecule has 0 N–H and O–H groups in total. The van der Waals surface area contributed by atoms with E-state index in [0.29, 0.717) is 32.1 Å². The van der Waals surface area contributed by atoms with Crippen molar-refractivity contribution in [2.45, 2.75) is 44.4 Å². The molecule has 0 saturated heterocycles. The highest BCUT2D eigenvalue weighted by Crippen LogP contribution is 2.46. The number of ketones is 2.